The van der Waals surface area contributed by atoms with E-state index in [0.717, 1.165) is 13.8 Å². The van der Waals surface area contributed by atoms with Gasteiger partial charge >= 0.3 is 0 Å². The van der Waals surface area contributed by atoms with Gasteiger partial charge in [-0.3, -0.25) is 0 Å². The Morgan fingerprint density at radius 2 is 2.25 bits per heavy atom. The number of aromatic nitrogens is 2. The van der Waals surface area contributed by atoms with Gasteiger partial charge in [-0.25, -0.2) is 4.98 Å². The van der Waals surface area contributed by atoms with E-state index in [4.69, 9.17) is 0 Å². The molecule has 0 atom stereocenters. The molecule has 0 amide bonds. The van der Waals surface area contributed by atoms with Crippen molar-refractivity contribution in [2.75, 3.05) is 0 Å². The Bertz CT molecular complexity index is 394. The van der Waals surface area contributed by atoms with Crippen LogP contribution in [0.4, 0.5) is 0 Å². The smallest absolute Gasteiger partial charge is 0.255 e. The van der Waals surface area contributed by atoms with Crippen LogP contribution in [0.5, 0.6) is 0 Å². The molecule has 1 aromatic carbocycles. The van der Waals surface area contributed by atoms with Gasteiger partial charge in [0, 0.05) is 0 Å². The zero-order chi connectivity index (χ0) is 8.55. The monoisotopic (exact) mass is 272 g/mol. The molecule has 0 spiro atoms. The molecule has 0 N–H and O–H groups in total. The highest BCUT2D eigenvalue weighted by Gasteiger charge is 2.06. The number of fused-ring (bicyclic) bond motifs is 1. The van der Waals surface area contributed by atoms with Crippen molar-refractivity contribution in [1.29, 1.82) is 0 Å². The van der Waals surface area contributed by atoms with Crippen LogP contribution in [0.15, 0.2) is 30.6 Å². The van der Waals surface area contributed by atoms with Crippen molar-refractivity contribution < 1.29 is 4.73 Å². The van der Waals surface area contributed by atoms with E-state index in [-0.39, 0.29) is 0 Å². The fourth-order valence-electron chi connectivity index (χ4n) is 1.08. The van der Waals surface area contributed by atoms with Crippen molar-refractivity contribution in [2.45, 2.75) is 0 Å². The first-order chi connectivity index (χ1) is 5.79. The Morgan fingerprint density at radius 3 is 3.00 bits per heavy atom. The summed E-state index contributed by atoms with van der Waals surface area (Å²) in [5, 5.41) is 11.3. The molecular formula is C8H5IN2O. The van der Waals surface area contributed by atoms with E-state index in [0.29, 0.717) is 5.52 Å². The second kappa shape index (κ2) is 2.85. The summed E-state index contributed by atoms with van der Waals surface area (Å²) in [4.78, 5) is 4.08. The molecule has 12 heavy (non-hydrogen) atoms. The minimum Gasteiger partial charge on any atom is -0.618 e. The third-order valence-corrected chi connectivity index (χ3v) is 2.47. The average Bonchev–Trinajstić information content (AvgIpc) is 2.04. The third-order valence-electron chi connectivity index (χ3n) is 1.60. The predicted octanol–water partition coefficient (Wildman–Crippen LogP) is 1.47. The lowest BCUT2D eigenvalue weighted by atomic mass is 10.3. The highest BCUT2D eigenvalue weighted by Crippen LogP contribution is 2.13. The van der Waals surface area contributed by atoms with Gasteiger partial charge in [-0.05, 0) is 34.7 Å². The van der Waals surface area contributed by atoms with E-state index in [9.17, 15) is 5.21 Å². The van der Waals surface area contributed by atoms with Crippen LogP contribution in [0.3, 0.4) is 0 Å². The summed E-state index contributed by atoms with van der Waals surface area (Å²) in [6, 6.07) is 5.60. The first-order valence-corrected chi connectivity index (χ1v) is 4.49. The minimum atomic E-state index is 0.639. The number of hydrogen-bond donors (Lipinski definition) is 0. The zero-order valence-electron chi connectivity index (χ0n) is 6.07. The summed E-state index contributed by atoms with van der Waals surface area (Å²) < 4.78 is 1.76. The maximum Gasteiger partial charge on any atom is 0.255 e. The lowest BCUT2D eigenvalue weighted by Gasteiger charge is -2.00. The Morgan fingerprint density at radius 1 is 1.42 bits per heavy atom. The molecule has 0 aliphatic carbocycles. The van der Waals surface area contributed by atoms with Crippen molar-refractivity contribution in [3.05, 3.63) is 39.4 Å². The van der Waals surface area contributed by atoms with Crippen molar-refractivity contribution in [2.24, 2.45) is 0 Å². The van der Waals surface area contributed by atoms with Crippen LogP contribution in [0, 0.1) is 8.78 Å². The summed E-state index contributed by atoms with van der Waals surface area (Å²) in [5.74, 6) is 0. The van der Waals surface area contributed by atoms with Gasteiger partial charge in [-0.1, -0.05) is 6.07 Å². The molecule has 0 fully saturated rings. The van der Waals surface area contributed by atoms with Crippen molar-refractivity contribution in [3.8, 4) is 0 Å². The summed E-state index contributed by atoms with van der Waals surface area (Å²) >= 11 is 2.12. The normalized spacial score (nSPS) is 10.4. The topological polar surface area (TPSA) is 39.8 Å². The van der Waals surface area contributed by atoms with Crippen LogP contribution in [-0.4, -0.2) is 4.98 Å². The van der Waals surface area contributed by atoms with E-state index in [1.165, 1.54) is 12.4 Å². The van der Waals surface area contributed by atoms with Gasteiger partial charge < -0.3 is 5.21 Å². The number of nitrogens with zero attached hydrogens (tertiary/aromatic N) is 2. The Labute approximate surface area is 82.8 Å². The first-order valence-electron chi connectivity index (χ1n) is 3.41. The van der Waals surface area contributed by atoms with Crippen LogP contribution in [0.1, 0.15) is 0 Å². The van der Waals surface area contributed by atoms with Gasteiger partial charge in [-0.15, -0.1) is 0 Å². The van der Waals surface area contributed by atoms with Crippen LogP contribution >= 0.6 is 22.6 Å². The molecule has 2 aromatic rings. The fraction of sp³-hybridized carbons (Fsp3) is 0. The third kappa shape index (κ3) is 1.12. The molecule has 2 rings (SSSR count). The number of benzene rings is 1. The molecule has 0 unspecified atom stereocenters. The van der Waals surface area contributed by atoms with E-state index >= 15 is 0 Å². The summed E-state index contributed by atoms with van der Waals surface area (Å²) in [6.45, 7) is 0. The summed E-state index contributed by atoms with van der Waals surface area (Å²) in [5.41, 5.74) is 1.38. The van der Waals surface area contributed by atoms with Gasteiger partial charge in [-0.2, -0.15) is 4.73 Å². The minimum absolute atomic E-state index is 0.639. The van der Waals surface area contributed by atoms with Crippen LogP contribution in [-0.2, 0) is 0 Å². The number of hydrogen-bond acceptors (Lipinski definition) is 2. The Balaban J connectivity index is 2.96. The quantitative estimate of drug-likeness (QED) is 0.414. The molecule has 0 radical (unpaired) electrons. The zero-order valence-corrected chi connectivity index (χ0v) is 8.22. The highest BCUT2D eigenvalue weighted by atomic mass is 127. The molecule has 0 bridgehead atoms. The maximum atomic E-state index is 11.3. The molecule has 0 saturated carbocycles. The number of rotatable bonds is 0. The molecule has 1 heterocycles. The first kappa shape index (κ1) is 7.72. The van der Waals surface area contributed by atoms with Crippen LogP contribution < -0.4 is 4.73 Å². The second-order valence-corrected chi connectivity index (χ2v) is 3.52. The number of para-hydroxylation sites is 1. The molecule has 4 heteroatoms. The summed E-state index contributed by atoms with van der Waals surface area (Å²) in [6.07, 6.45) is 2.91. The van der Waals surface area contributed by atoms with Crippen molar-refractivity contribution in [1.82, 2.24) is 4.98 Å². The Hall–Kier alpha value is -0.910. The summed E-state index contributed by atoms with van der Waals surface area (Å²) in [7, 11) is 0. The molecule has 0 saturated heterocycles. The molecule has 0 aliphatic rings. The SMILES string of the molecule is [O-][n+]1ccnc2cccc(I)c21. The average molecular weight is 272 g/mol. The molecule has 0 aliphatic heterocycles. The number of halogens is 1. The Kier molecular flexibility index (Phi) is 1.84. The van der Waals surface area contributed by atoms with E-state index in [1.807, 2.05) is 18.2 Å². The molecule has 1 aromatic heterocycles. The molecule has 60 valence electrons. The van der Waals surface area contributed by atoms with Crippen molar-refractivity contribution in [3.63, 3.8) is 0 Å². The van der Waals surface area contributed by atoms with Gasteiger partial charge in [0.05, 0.1) is 9.77 Å². The van der Waals surface area contributed by atoms with Gasteiger partial charge in [0.15, 0.2) is 6.20 Å². The second-order valence-electron chi connectivity index (χ2n) is 2.36. The van der Waals surface area contributed by atoms with Crippen LogP contribution in [0.2, 0.25) is 0 Å². The van der Waals surface area contributed by atoms with Gasteiger partial charge in [0.25, 0.3) is 5.52 Å². The highest BCUT2D eigenvalue weighted by molar-refractivity contribution is 14.1. The lowest BCUT2D eigenvalue weighted by molar-refractivity contribution is -0.577. The van der Waals surface area contributed by atoms with Crippen molar-refractivity contribution >= 4 is 33.6 Å². The maximum absolute atomic E-state index is 11.3. The molecule has 3 nitrogen and oxygen atoms in total. The fourth-order valence-corrected chi connectivity index (χ4v) is 1.80. The van der Waals surface area contributed by atoms with E-state index < -0.39 is 0 Å². The van der Waals surface area contributed by atoms with E-state index in [1.54, 1.807) is 0 Å². The van der Waals surface area contributed by atoms with E-state index in [2.05, 4.69) is 27.6 Å². The van der Waals surface area contributed by atoms with Gasteiger partial charge in [0.2, 0.25) is 0 Å². The predicted molar refractivity (Wildman–Crippen MR) is 53.4 cm³/mol. The molecular weight excluding hydrogens is 267 g/mol. The lowest BCUT2D eigenvalue weighted by Crippen LogP contribution is -2.27. The van der Waals surface area contributed by atoms with Crippen LogP contribution in [0.25, 0.3) is 11.0 Å². The standard InChI is InChI=1S/C8H5IN2O/c9-6-2-1-3-7-8(6)11(12)5-4-10-7/h1-5H. The largest absolute Gasteiger partial charge is 0.618 e. The van der Waals surface area contributed by atoms with Gasteiger partial charge in [0.1, 0.15) is 5.52 Å².